The van der Waals surface area contributed by atoms with E-state index in [1.807, 2.05) is 24.5 Å². The Morgan fingerprint density at radius 2 is 1.71 bits per heavy atom. The molecule has 0 fully saturated rings. The summed E-state index contributed by atoms with van der Waals surface area (Å²) in [6, 6.07) is 3.95. The number of aryl methyl sites for hydroxylation is 1. The van der Waals surface area contributed by atoms with E-state index >= 15 is 0 Å². The van der Waals surface area contributed by atoms with Crippen LogP contribution in [0.2, 0.25) is 5.02 Å². The highest BCUT2D eigenvalue weighted by Crippen LogP contribution is 2.13. The lowest BCUT2D eigenvalue weighted by Crippen LogP contribution is -2.13. The van der Waals surface area contributed by atoms with Crippen LogP contribution in [0.25, 0.3) is 0 Å². The molecule has 0 bridgehead atoms. The van der Waals surface area contributed by atoms with Crippen LogP contribution in [-0.4, -0.2) is 9.97 Å². The Bertz CT molecular complexity index is 454. The van der Waals surface area contributed by atoms with Crippen molar-refractivity contribution < 1.29 is 0 Å². The summed E-state index contributed by atoms with van der Waals surface area (Å²) in [6.07, 6.45) is 7.09. The lowest BCUT2D eigenvalue weighted by Gasteiger charge is -2.08. The molecule has 0 spiro atoms. The van der Waals surface area contributed by atoms with Gasteiger partial charge in [-0.1, -0.05) is 11.6 Å². The number of halogens is 1. The minimum atomic E-state index is 0.700. The number of nitrogens with one attached hydrogen (secondary N) is 1. The van der Waals surface area contributed by atoms with E-state index in [4.69, 9.17) is 11.6 Å². The molecule has 17 heavy (non-hydrogen) atoms. The molecule has 0 saturated heterocycles. The highest BCUT2D eigenvalue weighted by Gasteiger charge is 2.00. The first-order valence-electron chi connectivity index (χ1n) is 5.46. The molecule has 0 amide bonds. The molecule has 0 aliphatic rings. The van der Waals surface area contributed by atoms with Crippen LogP contribution in [0.4, 0.5) is 0 Å². The molecule has 2 heterocycles. The normalized spacial score (nSPS) is 10.5. The smallest absolute Gasteiger partial charge is 0.0634 e. The Balaban J connectivity index is 1.93. The number of nitrogens with zero attached hydrogens (tertiary/aromatic N) is 2. The SMILES string of the molecule is Cc1cnccc1CNCc1ccncc1Cl. The summed E-state index contributed by atoms with van der Waals surface area (Å²) in [7, 11) is 0. The third kappa shape index (κ3) is 3.25. The number of aromatic nitrogens is 2. The Kier molecular flexibility index (Phi) is 4.07. The van der Waals surface area contributed by atoms with Gasteiger partial charge in [0.05, 0.1) is 5.02 Å². The molecule has 0 unspecified atom stereocenters. The summed E-state index contributed by atoms with van der Waals surface area (Å²) >= 11 is 6.02. The van der Waals surface area contributed by atoms with Gasteiger partial charge in [-0.15, -0.1) is 0 Å². The van der Waals surface area contributed by atoms with Crippen molar-refractivity contribution in [2.24, 2.45) is 0 Å². The van der Waals surface area contributed by atoms with Gasteiger partial charge in [-0.05, 0) is 35.7 Å². The van der Waals surface area contributed by atoms with E-state index in [1.54, 1.807) is 12.4 Å². The Hall–Kier alpha value is -1.45. The van der Waals surface area contributed by atoms with Crippen LogP contribution in [0.15, 0.2) is 36.9 Å². The van der Waals surface area contributed by atoms with E-state index in [1.165, 1.54) is 11.1 Å². The van der Waals surface area contributed by atoms with Crippen molar-refractivity contribution in [2.75, 3.05) is 0 Å². The fraction of sp³-hybridized carbons (Fsp3) is 0.231. The number of hydrogen-bond acceptors (Lipinski definition) is 3. The molecule has 0 aromatic carbocycles. The zero-order valence-electron chi connectivity index (χ0n) is 9.65. The summed E-state index contributed by atoms with van der Waals surface area (Å²) in [5.74, 6) is 0. The number of rotatable bonds is 4. The number of pyridine rings is 2. The van der Waals surface area contributed by atoms with Crippen molar-refractivity contribution in [3.63, 3.8) is 0 Å². The van der Waals surface area contributed by atoms with Crippen LogP contribution in [0, 0.1) is 6.92 Å². The predicted molar refractivity (Wildman–Crippen MR) is 68.8 cm³/mol. The Morgan fingerprint density at radius 3 is 2.41 bits per heavy atom. The maximum atomic E-state index is 6.02. The lowest BCUT2D eigenvalue weighted by molar-refractivity contribution is 0.689. The molecule has 3 nitrogen and oxygen atoms in total. The maximum absolute atomic E-state index is 6.02. The van der Waals surface area contributed by atoms with E-state index in [-0.39, 0.29) is 0 Å². The molecular weight excluding hydrogens is 234 g/mol. The van der Waals surface area contributed by atoms with Crippen molar-refractivity contribution >= 4 is 11.6 Å². The van der Waals surface area contributed by atoms with Crippen LogP contribution >= 0.6 is 11.6 Å². The van der Waals surface area contributed by atoms with Gasteiger partial charge in [-0.2, -0.15) is 0 Å². The average molecular weight is 248 g/mol. The van der Waals surface area contributed by atoms with Gasteiger partial charge in [0.15, 0.2) is 0 Å². The van der Waals surface area contributed by atoms with Crippen molar-refractivity contribution in [1.82, 2.24) is 15.3 Å². The maximum Gasteiger partial charge on any atom is 0.0634 e. The third-order valence-electron chi connectivity index (χ3n) is 2.62. The van der Waals surface area contributed by atoms with Gasteiger partial charge >= 0.3 is 0 Å². The summed E-state index contributed by atoms with van der Waals surface area (Å²) in [4.78, 5) is 8.03. The molecule has 2 aromatic rings. The van der Waals surface area contributed by atoms with Gasteiger partial charge in [0.25, 0.3) is 0 Å². The second-order valence-corrected chi connectivity index (χ2v) is 4.28. The summed E-state index contributed by atoms with van der Waals surface area (Å²) < 4.78 is 0. The molecule has 88 valence electrons. The third-order valence-corrected chi connectivity index (χ3v) is 2.96. The molecular formula is C13H14ClN3. The molecule has 2 rings (SSSR count). The minimum Gasteiger partial charge on any atom is -0.309 e. The molecule has 0 radical (unpaired) electrons. The molecule has 4 heteroatoms. The zero-order valence-corrected chi connectivity index (χ0v) is 10.4. The first kappa shape index (κ1) is 12.0. The Labute approximate surface area is 106 Å². The first-order valence-corrected chi connectivity index (χ1v) is 5.84. The van der Waals surface area contributed by atoms with Crippen molar-refractivity contribution in [3.05, 3.63) is 58.6 Å². The second-order valence-electron chi connectivity index (χ2n) is 3.87. The molecule has 1 N–H and O–H groups in total. The van der Waals surface area contributed by atoms with Gasteiger partial charge in [-0.3, -0.25) is 9.97 Å². The largest absolute Gasteiger partial charge is 0.309 e. The van der Waals surface area contributed by atoms with Gasteiger partial charge in [0, 0.05) is 37.9 Å². The fourth-order valence-corrected chi connectivity index (χ4v) is 1.77. The standard InChI is InChI=1S/C13H14ClN3/c1-10-6-15-4-2-11(10)7-17-8-12-3-5-16-9-13(12)14/h2-6,9,17H,7-8H2,1H3. The van der Waals surface area contributed by atoms with E-state index in [0.717, 1.165) is 18.7 Å². The Morgan fingerprint density at radius 1 is 1.06 bits per heavy atom. The van der Waals surface area contributed by atoms with Gasteiger partial charge in [-0.25, -0.2) is 0 Å². The van der Waals surface area contributed by atoms with Crippen LogP contribution in [0.1, 0.15) is 16.7 Å². The van der Waals surface area contributed by atoms with E-state index in [9.17, 15) is 0 Å². The van der Waals surface area contributed by atoms with Crippen LogP contribution in [-0.2, 0) is 13.1 Å². The summed E-state index contributed by atoms with van der Waals surface area (Å²) in [5, 5.41) is 4.06. The van der Waals surface area contributed by atoms with E-state index in [2.05, 4.69) is 22.2 Å². The molecule has 0 saturated carbocycles. The molecule has 0 aliphatic carbocycles. The molecule has 0 aliphatic heterocycles. The van der Waals surface area contributed by atoms with Crippen molar-refractivity contribution in [3.8, 4) is 0 Å². The van der Waals surface area contributed by atoms with Gasteiger partial charge < -0.3 is 5.32 Å². The topological polar surface area (TPSA) is 37.8 Å². The fourth-order valence-electron chi connectivity index (χ4n) is 1.58. The summed E-state index contributed by atoms with van der Waals surface area (Å²) in [6.45, 7) is 3.61. The van der Waals surface area contributed by atoms with Crippen LogP contribution < -0.4 is 5.32 Å². The molecule has 2 aromatic heterocycles. The molecule has 0 atom stereocenters. The second kappa shape index (κ2) is 5.75. The average Bonchev–Trinajstić information content (AvgIpc) is 2.34. The van der Waals surface area contributed by atoms with Crippen LogP contribution in [0.3, 0.4) is 0 Å². The number of hydrogen-bond donors (Lipinski definition) is 1. The van der Waals surface area contributed by atoms with Crippen molar-refractivity contribution in [2.45, 2.75) is 20.0 Å². The summed E-state index contributed by atoms with van der Waals surface area (Å²) in [5.41, 5.74) is 3.51. The highest BCUT2D eigenvalue weighted by molar-refractivity contribution is 6.31. The van der Waals surface area contributed by atoms with Crippen molar-refractivity contribution in [1.29, 1.82) is 0 Å². The van der Waals surface area contributed by atoms with Gasteiger partial charge in [0.2, 0.25) is 0 Å². The zero-order chi connectivity index (χ0) is 12.1. The van der Waals surface area contributed by atoms with Crippen LogP contribution in [0.5, 0.6) is 0 Å². The van der Waals surface area contributed by atoms with E-state index in [0.29, 0.717) is 5.02 Å². The highest BCUT2D eigenvalue weighted by atomic mass is 35.5. The monoisotopic (exact) mass is 247 g/mol. The van der Waals surface area contributed by atoms with Gasteiger partial charge in [0.1, 0.15) is 0 Å². The lowest BCUT2D eigenvalue weighted by atomic mass is 10.1. The quantitative estimate of drug-likeness (QED) is 0.903. The van der Waals surface area contributed by atoms with E-state index < -0.39 is 0 Å². The minimum absolute atomic E-state index is 0.700. The first-order chi connectivity index (χ1) is 8.27. The predicted octanol–water partition coefficient (Wildman–Crippen LogP) is 2.73.